The smallest absolute Gasteiger partial charge is 0.243 e. The lowest BCUT2D eigenvalue weighted by atomic mass is 10.2. The van der Waals surface area contributed by atoms with E-state index >= 15 is 0 Å². The molecule has 0 fully saturated rings. The number of aliphatic hydroxyl groups excluding tert-OH is 1. The molecule has 0 heterocycles. The van der Waals surface area contributed by atoms with Gasteiger partial charge in [0, 0.05) is 25.6 Å². The minimum Gasteiger partial charge on any atom is -0.395 e. The molecule has 116 valence electrons. The summed E-state index contributed by atoms with van der Waals surface area (Å²) in [7, 11) is -2.47. The molecule has 7 heteroatoms. The van der Waals surface area contributed by atoms with Crippen LogP contribution in [0.4, 0.5) is 4.39 Å². The maximum Gasteiger partial charge on any atom is 0.243 e. The molecule has 1 aromatic rings. The Morgan fingerprint density at radius 3 is 2.76 bits per heavy atom. The Morgan fingerprint density at radius 1 is 1.48 bits per heavy atom. The molecule has 0 aromatic heterocycles. The van der Waals surface area contributed by atoms with Crippen molar-refractivity contribution in [1.82, 2.24) is 4.72 Å². The quantitative estimate of drug-likeness (QED) is 0.764. The Hall–Kier alpha value is -1.46. The molecule has 0 spiro atoms. The van der Waals surface area contributed by atoms with Crippen molar-refractivity contribution in [3.8, 4) is 11.8 Å². The van der Waals surface area contributed by atoms with Gasteiger partial charge in [-0.3, -0.25) is 0 Å². The second kappa shape index (κ2) is 8.10. The third-order valence-corrected chi connectivity index (χ3v) is 4.11. The van der Waals surface area contributed by atoms with E-state index in [-0.39, 0.29) is 25.7 Å². The van der Waals surface area contributed by atoms with E-state index in [4.69, 9.17) is 9.84 Å². The van der Waals surface area contributed by atoms with E-state index in [1.54, 1.807) is 6.92 Å². The van der Waals surface area contributed by atoms with Gasteiger partial charge in [0.15, 0.2) is 0 Å². The van der Waals surface area contributed by atoms with Crippen molar-refractivity contribution in [3.63, 3.8) is 0 Å². The fraction of sp³-hybridized carbons (Fsp3) is 0.429. The number of hydrogen-bond acceptors (Lipinski definition) is 4. The first-order valence-corrected chi connectivity index (χ1v) is 7.80. The van der Waals surface area contributed by atoms with E-state index in [1.807, 2.05) is 0 Å². The molecule has 2 N–H and O–H groups in total. The number of rotatable bonds is 6. The minimum absolute atomic E-state index is 0.0519. The summed E-state index contributed by atoms with van der Waals surface area (Å²) >= 11 is 0. The summed E-state index contributed by atoms with van der Waals surface area (Å²) in [5.41, 5.74) is 0.352. The van der Waals surface area contributed by atoms with E-state index in [0.717, 1.165) is 12.1 Å². The summed E-state index contributed by atoms with van der Waals surface area (Å²) < 4.78 is 45.0. The Labute approximate surface area is 124 Å². The first-order valence-electron chi connectivity index (χ1n) is 6.32. The molecular weight excluding hydrogens is 297 g/mol. The van der Waals surface area contributed by atoms with Gasteiger partial charge in [0.1, 0.15) is 10.7 Å². The molecule has 1 atom stereocenters. The van der Waals surface area contributed by atoms with E-state index in [0.29, 0.717) is 5.56 Å². The molecule has 1 rings (SSSR count). The predicted molar refractivity (Wildman–Crippen MR) is 76.6 cm³/mol. The van der Waals surface area contributed by atoms with Crippen LogP contribution in [0.3, 0.4) is 0 Å². The summed E-state index contributed by atoms with van der Waals surface area (Å²) in [5, 5.41) is 8.60. The van der Waals surface area contributed by atoms with Gasteiger partial charge in [-0.25, -0.2) is 17.5 Å². The van der Waals surface area contributed by atoms with Crippen molar-refractivity contribution >= 4 is 10.0 Å². The standard InChI is InChI=1S/C14H18FNO4S/c1-11(20-2)10-16-21(18,19)14-7-6-12(9-13(14)15)5-3-4-8-17/h6-7,9,11,16-17H,4,8,10H2,1-2H3. The van der Waals surface area contributed by atoms with Crippen molar-refractivity contribution in [2.45, 2.75) is 24.3 Å². The zero-order chi connectivity index (χ0) is 15.9. The molecule has 0 amide bonds. The second-order valence-corrected chi connectivity index (χ2v) is 6.05. The van der Waals surface area contributed by atoms with Crippen LogP contribution in [-0.2, 0) is 14.8 Å². The second-order valence-electron chi connectivity index (χ2n) is 4.32. The number of methoxy groups -OCH3 is 1. The summed E-state index contributed by atoms with van der Waals surface area (Å²) in [5.74, 6) is 4.40. The van der Waals surface area contributed by atoms with Gasteiger partial charge in [-0.05, 0) is 25.1 Å². The highest BCUT2D eigenvalue weighted by Gasteiger charge is 2.19. The van der Waals surface area contributed by atoms with Crippen molar-refractivity contribution in [1.29, 1.82) is 0 Å². The monoisotopic (exact) mass is 315 g/mol. The molecule has 0 bridgehead atoms. The van der Waals surface area contributed by atoms with Crippen LogP contribution in [0.2, 0.25) is 0 Å². The van der Waals surface area contributed by atoms with Gasteiger partial charge < -0.3 is 9.84 Å². The highest BCUT2D eigenvalue weighted by atomic mass is 32.2. The molecule has 0 radical (unpaired) electrons. The molecule has 0 aliphatic heterocycles. The summed E-state index contributed by atoms with van der Waals surface area (Å²) in [6, 6.07) is 3.64. The molecule has 0 aliphatic carbocycles. The summed E-state index contributed by atoms with van der Waals surface area (Å²) in [6.07, 6.45) is -0.0375. The van der Waals surface area contributed by atoms with Gasteiger partial charge in [0.25, 0.3) is 0 Å². The van der Waals surface area contributed by atoms with Gasteiger partial charge in [-0.2, -0.15) is 0 Å². The number of aliphatic hydroxyl groups is 1. The SMILES string of the molecule is COC(C)CNS(=O)(=O)c1ccc(C#CCCO)cc1F. The van der Waals surface area contributed by atoms with Crippen LogP contribution in [0.5, 0.6) is 0 Å². The molecule has 0 saturated carbocycles. The molecule has 0 saturated heterocycles. The van der Waals surface area contributed by atoms with Gasteiger partial charge in [-0.1, -0.05) is 11.8 Å². The first kappa shape index (κ1) is 17.6. The molecule has 21 heavy (non-hydrogen) atoms. The molecule has 1 unspecified atom stereocenters. The number of benzene rings is 1. The van der Waals surface area contributed by atoms with E-state index < -0.39 is 20.7 Å². The minimum atomic E-state index is -3.93. The van der Waals surface area contributed by atoms with Crippen molar-refractivity contribution in [2.24, 2.45) is 0 Å². The largest absolute Gasteiger partial charge is 0.395 e. The number of nitrogens with one attached hydrogen (secondary N) is 1. The molecule has 1 aromatic carbocycles. The molecular formula is C14H18FNO4S. The Bertz CT molecular complexity index is 634. The van der Waals surface area contributed by atoms with Crippen molar-refractivity contribution in [2.75, 3.05) is 20.3 Å². The van der Waals surface area contributed by atoms with E-state index in [1.165, 1.54) is 13.2 Å². The van der Waals surface area contributed by atoms with Crippen LogP contribution in [0.1, 0.15) is 18.9 Å². The lowest BCUT2D eigenvalue weighted by molar-refractivity contribution is 0.122. The van der Waals surface area contributed by atoms with Gasteiger partial charge in [-0.15, -0.1) is 0 Å². The summed E-state index contributed by atoms with van der Waals surface area (Å²) in [4.78, 5) is -0.432. The van der Waals surface area contributed by atoms with Gasteiger partial charge in [0.2, 0.25) is 10.0 Å². The van der Waals surface area contributed by atoms with Gasteiger partial charge in [0.05, 0.1) is 12.7 Å². The van der Waals surface area contributed by atoms with Crippen LogP contribution in [0.15, 0.2) is 23.1 Å². The highest BCUT2D eigenvalue weighted by Crippen LogP contribution is 2.15. The number of ether oxygens (including phenoxy) is 1. The third-order valence-electron chi connectivity index (χ3n) is 2.65. The Morgan fingerprint density at radius 2 is 2.19 bits per heavy atom. The first-order chi connectivity index (χ1) is 9.90. The third kappa shape index (κ3) is 5.44. The number of hydrogen-bond donors (Lipinski definition) is 2. The number of halogens is 1. The van der Waals surface area contributed by atoms with Crippen molar-refractivity contribution in [3.05, 3.63) is 29.6 Å². The van der Waals surface area contributed by atoms with E-state index in [9.17, 15) is 12.8 Å². The Kier molecular flexibility index (Phi) is 6.78. The maximum absolute atomic E-state index is 13.9. The Balaban J connectivity index is 2.91. The molecule has 0 aliphatic rings. The zero-order valence-electron chi connectivity index (χ0n) is 11.9. The summed E-state index contributed by atoms with van der Waals surface area (Å²) in [6.45, 7) is 1.67. The van der Waals surface area contributed by atoms with Gasteiger partial charge >= 0.3 is 0 Å². The predicted octanol–water partition coefficient (Wildman–Crippen LogP) is 0.873. The number of sulfonamides is 1. The molecule has 5 nitrogen and oxygen atoms in total. The van der Waals surface area contributed by atoms with Crippen LogP contribution >= 0.6 is 0 Å². The van der Waals surface area contributed by atoms with Crippen LogP contribution in [0, 0.1) is 17.7 Å². The highest BCUT2D eigenvalue weighted by molar-refractivity contribution is 7.89. The fourth-order valence-electron chi connectivity index (χ4n) is 1.41. The normalized spacial score (nSPS) is 12.6. The average molecular weight is 315 g/mol. The van der Waals surface area contributed by atoms with Crippen molar-refractivity contribution < 1.29 is 22.7 Å². The van der Waals surface area contributed by atoms with Crippen LogP contribution < -0.4 is 4.72 Å². The van der Waals surface area contributed by atoms with E-state index in [2.05, 4.69) is 16.6 Å². The maximum atomic E-state index is 13.9. The zero-order valence-corrected chi connectivity index (χ0v) is 12.7. The average Bonchev–Trinajstić information content (AvgIpc) is 2.45. The fourth-order valence-corrected chi connectivity index (χ4v) is 2.58. The lowest BCUT2D eigenvalue weighted by Gasteiger charge is -2.11. The lowest BCUT2D eigenvalue weighted by Crippen LogP contribution is -2.32. The van der Waals surface area contributed by atoms with Crippen LogP contribution in [0.25, 0.3) is 0 Å². The van der Waals surface area contributed by atoms with Crippen LogP contribution in [-0.4, -0.2) is 39.9 Å². The topological polar surface area (TPSA) is 75.6 Å².